The third kappa shape index (κ3) is 4.72. The van der Waals surface area contributed by atoms with Crippen LogP contribution in [0, 0.1) is 10.1 Å². The van der Waals surface area contributed by atoms with Crippen molar-refractivity contribution in [3.63, 3.8) is 0 Å². The fraction of sp³-hybridized carbons (Fsp3) is 0.211. The number of hydrogen-bond donors (Lipinski definition) is 2. The zero-order valence-corrected chi connectivity index (χ0v) is 16.0. The topological polar surface area (TPSA) is 106 Å². The molecule has 1 aromatic carbocycles. The summed E-state index contributed by atoms with van der Waals surface area (Å²) in [5, 5.41) is 17.7. The molecule has 2 aromatic heterocycles. The van der Waals surface area contributed by atoms with Gasteiger partial charge in [-0.3, -0.25) is 10.1 Å². The Morgan fingerprint density at radius 3 is 2.43 bits per heavy atom. The summed E-state index contributed by atoms with van der Waals surface area (Å²) >= 11 is 6.02. The molecule has 0 aliphatic heterocycles. The van der Waals surface area contributed by atoms with Crippen molar-refractivity contribution in [2.75, 3.05) is 10.6 Å². The molecule has 0 saturated carbocycles. The van der Waals surface area contributed by atoms with E-state index in [0.29, 0.717) is 11.4 Å². The average Bonchev–Trinajstić information content (AvgIpc) is 2.69. The van der Waals surface area contributed by atoms with Gasteiger partial charge in [0.25, 0.3) is 0 Å². The molecule has 2 N–H and O–H groups in total. The number of nitrogens with one attached hydrogen (secondary N) is 2. The number of pyridine rings is 1. The number of unbranched alkanes of at least 4 members (excludes halogenated alkanes) is 1. The molecule has 3 aromatic rings. The van der Waals surface area contributed by atoms with Gasteiger partial charge >= 0.3 is 5.69 Å². The maximum atomic E-state index is 11.7. The molecule has 0 spiro atoms. The van der Waals surface area contributed by atoms with Crippen molar-refractivity contribution in [2.24, 2.45) is 0 Å². The normalized spacial score (nSPS) is 10.5. The van der Waals surface area contributed by atoms with Gasteiger partial charge in [0.1, 0.15) is 6.33 Å². The van der Waals surface area contributed by atoms with E-state index in [0.717, 1.165) is 19.3 Å². The third-order valence-corrected chi connectivity index (χ3v) is 4.35. The molecule has 8 nitrogen and oxygen atoms in total. The lowest BCUT2D eigenvalue weighted by Gasteiger charge is -2.11. The van der Waals surface area contributed by atoms with Gasteiger partial charge in [-0.05, 0) is 42.7 Å². The van der Waals surface area contributed by atoms with Crippen LogP contribution in [-0.2, 0) is 6.42 Å². The SMILES string of the molecule is CCCCc1ccc(Nc2ncnc(Nc3cccnc3Cl)c2[N+](=O)[O-])cc1. The first-order chi connectivity index (χ1) is 13.6. The fourth-order valence-corrected chi connectivity index (χ4v) is 2.78. The molecule has 0 aliphatic carbocycles. The van der Waals surface area contributed by atoms with Crippen LogP contribution in [0.1, 0.15) is 25.3 Å². The van der Waals surface area contributed by atoms with Gasteiger partial charge in [-0.2, -0.15) is 0 Å². The number of anilines is 4. The Labute approximate surface area is 167 Å². The predicted molar refractivity (Wildman–Crippen MR) is 110 cm³/mol. The molecular weight excluding hydrogens is 380 g/mol. The minimum atomic E-state index is -0.537. The Morgan fingerprint density at radius 2 is 1.79 bits per heavy atom. The minimum Gasteiger partial charge on any atom is -0.334 e. The van der Waals surface area contributed by atoms with E-state index in [-0.39, 0.29) is 22.5 Å². The minimum absolute atomic E-state index is 0.0250. The lowest BCUT2D eigenvalue weighted by atomic mass is 10.1. The maximum Gasteiger partial charge on any atom is 0.353 e. The van der Waals surface area contributed by atoms with Crippen LogP contribution >= 0.6 is 11.6 Å². The van der Waals surface area contributed by atoms with Gasteiger partial charge in [0.15, 0.2) is 5.15 Å². The van der Waals surface area contributed by atoms with Gasteiger partial charge in [-0.15, -0.1) is 0 Å². The molecule has 2 heterocycles. The molecule has 0 atom stereocenters. The van der Waals surface area contributed by atoms with Gasteiger partial charge < -0.3 is 10.6 Å². The Kier molecular flexibility index (Phi) is 6.33. The van der Waals surface area contributed by atoms with Crippen LogP contribution in [0.3, 0.4) is 0 Å². The number of nitrogens with zero attached hydrogens (tertiary/aromatic N) is 4. The van der Waals surface area contributed by atoms with Crippen molar-refractivity contribution in [3.8, 4) is 0 Å². The Morgan fingerprint density at radius 1 is 1.07 bits per heavy atom. The van der Waals surface area contributed by atoms with Crippen LogP contribution in [0.15, 0.2) is 48.9 Å². The summed E-state index contributed by atoms with van der Waals surface area (Å²) in [5.41, 5.74) is 2.06. The monoisotopic (exact) mass is 398 g/mol. The van der Waals surface area contributed by atoms with Gasteiger partial charge in [0.05, 0.1) is 10.6 Å². The Bertz CT molecular complexity index is 965. The second kappa shape index (κ2) is 9.09. The molecule has 28 heavy (non-hydrogen) atoms. The number of benzene rings is 1. The highest BCUT2D eigenvalue weighted by Gasteiger charge is 2.24. The van der Waals surface area contributed by atoms with E-state index in [9.17, 15) is 10.1 Å². The standard InChI is InChI=1S/C19H19ClN6O2/c1-2-3-5-13-7-9-14(10-8-13)24-18-16(26(27)28)19(23-12-22-18)25-15-6-4-11-21-17(15)20/h4,6-12H,2-3,5H2,1H3,(H2,22,23,24,25). The lowest BCUT2D eigenvalue weighted by molar-refractivity contribution is -0.383. The number of rotatable bonds is 8. The number of hydrogen-bond acceptors (Lipinski definition) is 7. The largest absolute Gasteiger partial charge is 0.353 e. The zero-order chi connectivity index (χ0) is 19.9. The summed E-state index contributed by atoms with van der Waals surface area (Å²) in [6.07, 6.45) is 6.03. The van der Waals surface area contributed by atoms with Crippen LogP contribution in [-0.4, -0.2) is 19.9 Å². The summed E-state index contributed by atoms with van der Waals surface area (Å²) in [7, 11) is 0. The molecule has 0 amide bonds. The zero-order valence-electron chi connectivity index (χ0n) is 15.2. The summed E-state index contributed by atoms with van der Waals surface area (Å²) in [6.45, 7) is 2.15. The first-order valence-electron chi connectivity index (χ1n) is 8.81. The van der Waals surface area contributed by atoms with E-state index in [1.54, 1.807) is 12.1 Å². The molecule has 3 rings (SSSR count). The number of aryl methyl sites for hydroxylation is 1. The van der Waals surface area contributed by atoms with Crippen LogP contribution in [0.25, 0.3) is 0 Å². The molecule has 0 aliphatic rings. The summed E-state index contributed by atoms with van der Waals surface area (Å²) < 4.78 is 0. The van der Waals surface area contributed by atoms with Gasteiger partial charge in [-0.1, -0.05) is 37.1 Å². The van der Waals surface area contributed by atoms with Crippen molar-refractivity contribution in [3.05, 3.63) is 69.8 Å². The highest BCUT2D eigenvalue weighted by Crippen LogP contribution is 2.34. The smallest absolute Gasteiger partial charge is 0.334 e. The van der Waals surface area contributed by atoms with Crippen molar-refractivity contribution >= 4 is 40.3 Å². The average molecular weight is 399 g/mol. The second-order valence-corrected chi connectivity index (χ2v) is 6.43. The van der Waals surface area contributed by atoms with E-state index in [2.05, 4.69) is 32.5 Å². The summed E-state index contributed by atoms with van der Waals surface area (Å²) in [6, 6.07) is 11.1. The highest BCUT2D eigenvalue weighted by atomic mass is 35.5. The van der Waals surface area contributed by atoms with Crippen molar-refractivity contribution in [2.45, 2.75) is 26.2 Å². The van der Waals surface area contributed by atoms with E-state index >= 15 is 0 Å². The fourth-order valence-electron chi connectivity index (χ4n) is 2.61. The van der Waals surface area contributed by atoms with Crippen molar-refractivity contribution < 1.29 is 4.92 Å². The molecule has 9 heteroatoms. The van der Waals surface area contributed by atoms with E-state index in [4.69, 9.17) is 11.6 Å². The van der Waals surface area contributed by atoms with E-state index in [1.807, 2.05) is 24.3 Å². The quantitative estimate of drug-likeness (QED) is 0.302. The maximum absolute atomic E-state index is 11.7. The Balaban J connectivity index is 1.87. The van der Waals surface area contributed by atoms with Gasteiger partial charge in [0, 0.05) is 11.9 Å². The number of nitro groups is 1. The first kappa shape index (κ1) is 19.5. The van der Waals surface area contributed by atoms with Crippen LogP contribution in [0.4, 0.5) is 28.7 Å². The second-order valence-electron chi connectivity index (χ2n) is 6.07. The van der Waals surface area contributed by atoms with E-state index < -0.39 is 4.92 Å². The number of aromatic nitrogens is 3. The predicted octanol–water partition coefficient (Wildman–Crippen LogP) is 5.26. The molecule has 0 radical (unpaired) electrons. The van der Waals surface area contributed by atoms with Gasteiger partial charge in [0.2, 0.25) is 11.6 Å². The molecule has 0 saturated heterocycles. The van der Waals surface area contributed by atoms with E-state index in [1.165, 1.54) is 18.1 Å². The van der Waals surface area contributed by atoms with Crippen molar-refractivity contribution in [1.82, 2.24) is 15.0 Å². The van der Waals surface area contributed by atoms with Gasteiger partial charge in [-0.25, -0.2) is 15.0 Å². The number of halogens is 1. The lowest BCUT2D eigenvalue weighted by Crippen LogP contribution is -2.06. The first-order valence-corrected chi connectivity index (χ1v) is 9.19. The highest BCUT2D eigenvalue weighted by molar-refractivity contribution is 6.32. The summed E-state index contributed by atoms with van der Waals surface area (Å²) in [4.78, 5) is 23.1. The molecule has 144 valence electrons. The molecule has 0 unspecified atom stereocenters. The molecule has 0 bridgehead atoms. The Hall–Kier alpha value is -3.26. The van der Waals surface area contributed by atoms with Crippen LogP contribution in [0.2, 0.25) is 5.15 Å². The van der Waals surface area contributed by atoms with Crippen molar-refractivity contribution in [1.29, 1.82) is 0 Å². The molecule has 0 fully saturated rings. The summed E-state index contributed by atoms with van der Waals surface area (Å²) in [5.74, 6) is 0.112. The molecular formula is C19H19ClN6O2. The van der Waals surface area contributed by atoms with Crippen LogP contribution in [0.5, 0.6) is 0 Å². The van der Waals surface area contributed by atoms with Crippen LogP contribution < -0.4 is 10.6 Å². The third-order valence-electron chi connectivity index (χ3n) is 4.05.